The fourth-order valence-electron chi connectivity index (χ4n) is 2.94. The highest BCUT2D eigenvalue weighted by Crippen LogP contribution is 2.34. The van der Waals surface area contributed by atoms with Crippen molar-refractivity contribution in [3.63, 3.8) is 0 Å². The Morgan fingerprint density at radius 3 is 2.84 bits per heavy atom. The lowest BCUT2D eigenvalue weighted by atomic mass is 9.84. The molecule has 1 aliphatic carbocycles. The van der Waals surface area contributed by atoms with Crippen LogP contribution in [0.1, 0.15) is 50.7 Å². The quantitative estimate of drug-likeness (QED) is 0.411. The number of benzene rings is 1. The first-order chi connectivity index (χ1) is 9.24. The van der Waals surface area contributed by atoms with Crippen LogP contribution in [0.4, 0.5) is 0 Å². The van der Waals surface area contributed by atoms with E-state index in [-0.39, 0.29) is 6.10 Å². The third-order valence-electron chi connectivity index (χ3n) is 4.06. The Bertz CT molecular complexity index is 396. The predicted octanol–water partition coefficient (Wildman–Crippen LogP) is 5.91. The molecule has 1 aromatic rings. The zero-order chi connectivity index (χ0) is 13.7. The maximum absolute atomic E-state index is 6.46. The molecule has 0 amide bonds. The summed E-state index contributed by atoms with van der Waals surface area (Å²) in [4.78, 5) is 0. The van der Waals surface area contributed by atoms with Crippen molar-refractivity contribution in [2.75, 3.05) is 4.43 Å². The number of ether oxygens (including phenoxy) is 1. The molecule has 2 rings (SSSR count). The van der Waals surface area contributed by atoms with Crippen molar-refractivity contribution in [2.45, 2.75) is 51.2 Å². The average molecular weight is 437 g/mol. The molecule has 0 aromatic heterocycles. The van der Waals surface area contributed by atoms with E-state index in [1.807, 2.05) is 0 Å². The van der Waals surface area contributed by atoms with Crippen molar-refractivity contribution in [3.8, 4) is 0 Å². The lowest BCUT2D eigenvalue weighted by molar-refractivity contribution is -0.0517. The SMILES string of the molecule is CCC1CCCCC1OC(CI)c1cccc(Br)c1. The molecule has 3 heteroatoms. The molecule has 1 aliphatic rings. The largest absolute Gasteiger partial charge is 0.369 e. The molecule has 0 radical (unpaired) electrons. The molecule has 3 unspecified atom stereocenters. The normalized spacial score (nSPS) is 25.2. The molecule has 1 nitrogen and oxygen atoms in total. The first-order valence-corrected chi connectivity index (χ1v) is 9.53. The lowest BCUT2D eigenvalue weighted by Crippen LogP contribution is -2.29. The number of hydrogen-bond donors (Lipinski definition) is 0. The molecule has 1 saturated carbocycles. The molecule has 1 aromatic carbocycles. The standard InChI is InChI=1S/C16H22BrIO/c1-2-12-6-3-4-9-15(12)19-16(11-18)13-7-5-8-14(17)10-13/h5,7-8,10,12,15-16H,2-4,6,9,11H2,1H3. The lowest BCUT2D eigenvalue weighted by Gasteiger charge is -2.33. The van der Waals surface area contributed by atoms with Gasteiger partial charge in [0.15, 0.2) is 0 Å². The molecule has 1 fully saturated rings. The highest BCUT2D eigenvalue weighted by Gasteiger charge is 2.27. The van der Waals surface area contributed by atoms with E-state index in [4.69, 9.17) is 4.74 Å². The first kappa shape index (κ1) is 15.8. The van der Waals surface area contributed by atoms with Gasteiger partial charge in [-0.3, -0.25) is 0 Å². The van der Waals surface area contributed by atoms with Gasteiger partial charge < -0.3 is 4.74 Å². The van der Waals surface area contributed by atoms with E-state index in [1.54, 1.807) is 0 Å². The number of alkyl halides is 1. The summed E-state index contributed by atoms with van der Waals surface area (Å²) in [5.41, 5.74) is 1.30. The summed E-state index contributed by atoms with van der Waals surface area (Å²) < 4.78 is 8.61. The molecule has 0 heterocycles. The Morgan fingerprint density at radius 1 is 1.37 bits per heavy atom. The monoisotopic (exact) mass is 436 g/mol. The molecule has 3 atom stereocenters. The van der Waals surface area contributed by atoms with E-state index in [1.165, 1.54) is 37.7 Å². The maximum Gasteiger partial charge on any atom is 0.0918 e. The molecular formula is C16H22BrIO. The van der Waals surface area contributed by atoms with Gasteiger partial charge in [-0.25, -0.2) is 0 Å². The molecule has 0 bridgehead atoms. The van der Waals surface area contributed by atoms with Gasteiger partial charge in [-0.2, -0.15) is 0 Å². The van der Waals surface area contributed by atoms with Crippen LogP contribution in [0.3, 0.4) is 0 Å². The highest BCUT2D eigenvalue weighted by molar-refractivity contribution is 14.1. The molecule has 0 saturated heterocycles. The zero-order valence-electron chi connectivity index (χ0n) is 11.4. The van der Waals surface area contributed by atoms with Gasteiger partial charge in [0, 0.05) is 8.90 Å². The molecular weight excluding hydrogens is 415 g/mol. The minimum atomic E-state index is 0.232. The third-order valence-corrected chi connectivity index (χ3v) is 5.36. The van der Waals surface area contributed by atoms with Crippen molar-refractivity contribution >= 4 is 38.5 Å². The second-order valence-corrected chi connectivity index (χ2v) is 7.12. The highest BCUT2D eigenvalue weighted by atomic mass is 127. The van der Waals surface area contributed by atoms with Crippen LogP contribution in [0.2, 0.25) is 0 Å². The number of hydrogen-bond acceptors (Lipinski definition) is 1. The summed E-state index contributed by atoms with van der Waals surface area (Å²) in [5.74, 6) is 0.756. The Kier molecular flexibility index (Phi) is 6.63. The van der Waals surface area contributed by atoms with Gasteiger partial charge in [-0.05, 0) is 36.5 Å². The Morgan fingerprint density at radius 2 is 2.16 bits per heavy atom. The van der Waals surface area contributed by atoms with Crippen LogP contribution in [0.5, 0.6) is 0 Å². The van der Waals surface area contributed by atoms with Crippen LogP contribution in [-0.2, 0) is 4.74 Å². The van der Waals surface area contributed by atoms with Gasteiger partial charge in [0.25, 0.3) is 0 Å². The van der Waals surface area contributed by atoms with E-state index >= 15 is 0 Å². The van der Waals surface area contributed by atoms with Crippen LogP contribution in [0.15, 0.2) is 28.7 Å². The van der Waals surface area contributed by atoms with Crippen LogP contribution < -0.4 is 0 Å². The second-order valence-electron chi connectivity index (χ2n) is 5.33. The Balaban J connectivity index is 2.05. The van der Waals surface area contributed by atoms with Crippen LogP contribution in [-0.4, -0.2) is 10.5 Å². The van der Waals surface area contributed by atoms with Crippen molar-refractivity contribution in [3.05, 3.63) is 34.3 Å². The van der Waals surface area contributed by atoms with Crippen molar-refractivity contribution < 1.29 is 4.74 Å². The van der Waals surface area contributed by atoms with Crippen molar-refractivity contribution in [1.29, 1.82) is 0 Å². The summed E-state index contributed by atoms with van der Waals surface area (Å²) in [6.45, 7) is 2.30. The Labute approximate surface area is 138 Å². The van der Waals surface area contributed by atoms with Crippen LogP contribution in [0, 0.1) is 5.92 Å². The summed E-state index contributed by atoms with van der Waals surface area (Å²) in [6.07, 6.45) is 7.22. The summed E-state index contributed by atoms with van der Waals surface area (Å²) in [5, 5.41) is 0. The number of rotatable bonds is 5. The molecule has 106 valence electrons. The predicted molar refractivity (Wildman–Crippen MR) is 92.9 cm³/mol. The van der Waals surface area contributed by atoms with Gasteiger partial charge >= 0.3 is 0 Å². The van der Waals surface area contributed by atoms with Crippen LogP contribution >= 0.6 is 38.5 Å². The number of halogens is 2. The third kappa shape index (κ3) is 4.43. The average Bonchev–Trinajstić information content (AvgIpc) is 2.45. The Hall–Kier alpha value is 0.390. The fourth-order valence-corrected chi connectivity index (χ4v) is 4.07. The van der Waals surface area contributed by atoms with Gasteiger partial charge in [-0.15, -0.1) is 0 Å². The van der Waals surface area contributed by atoms with Gasteiger partial charge in [-0.1, -0.05) is 76.8 Å². The minimum Gasteiger partial charge on any atom is -0.369 e. The molecule has 0 aliphatic heterocycles. The van der Waals surface area contributed by atoms with Gasteiger partial charge in [0.05, 0.1) is 12.2 Å². The van der Waals surface area contributed by atoms with E-state index in [2.05, 4.69) is 69.7 Å². The van der Waals surface area contributed by atoms with E-state index in [9.17, 15) is 0 Å². The van der Waals surface area contributed by atoms with E-state index in [0.29, 0.717) is 6.10 Å². The molecule has 0 spiro atoms. The smallest absolute Gasteiger partial charge is 0.0918 e. The fraction of sp³-hybridized carbons (Fsp3) is 0.625. The van der Waals surface area contributed by atoms with Crippen LogP contribution in [0.25, 0.3) is 0 Å². The molecule has 19 heavy (non-hydrogen) atoms. The maximum atomic E-state index is 6.46. The first-order valence-electron chi connectivity index (χ1n) is 7.21. The molecule has 0 N–H and O–H groups in total. The van der Waals surface area contributed by atoms with Gasteiger partial charge in [0.2, 0.25) is 0 Å². The van der Waals surface area contributed by atoms with E-state index in [0.717, 1.165) is 14.8 Å². The summed E-state index contributed by atoms with van der Waals surface area (Å²) in [7, 11) is 0. The van der Waals surface area contributed by atoms with Crippen molar-refractivity contribution in [2.24, 2.45) is 5.92 Å². The minimum absolute atomic E-state index is 0.232. The summed E-state index contributed by atoms with van der Waals surface area (Å²) in [6, 6.07) is 8.54. The summed E-state index contributed by atoms with van der Waals surface area (Å²) >= 11 is 5.99. The van der Waals surface area contributed by atoms with Crippen molar-refractivity contribution in [1.82, 2.24) is 0 Å². The second kappa shape index (κ2) is 7.99. The van der Waals surface area contributed by atoms with Gasteiger partial charge in [0.1, 0.15) is 0 Å². The zero-order valence-corrected chi connectivity index (χ0v) is 15.2. The van der Waals surface area contributed by atoms with E-state index < -0.39 is 0 Å². The topological polar surface area (TPSA) is 9.23 Å².